The number of methoxy groups -OCH3 is 2. The number of carbonyl (C=O) groups excluding carboxylic acids is 3. The topological polar surface area (TPSA) is 106 Å². The minimum atomic E-state index is -1.37. The summed E-state index contributed by atoms with van der Waals surface area (Å²) in [6, 6.07) is 9.08. The Morgan fingerprint density at radius 2 is 1.86 bits per heavy atom. The smallest absolute Gasteiger partial charge is 0.337 e. The zero-order valence-electron chi connectivity index (χ0n) is 23.6. The minimum absolute atomic E-state index is 0. The number of ether oxygens (including phenoxy) is 2. The van der Waals surface area contributed by atoms with Crippen LogP contribution in [0.3, 0.4) is 0 Å². The molecule has 0 saturated carbocycles. The van der Waals surface area contributed by atoms with E-state index in [1.807, 2.05) is 20.8 Å². The zero-order chi connectivity index (χ0) is 30.6. The molecule has 0 bridgehead atoms. The minimum Gasteiger partial charge on any atom is -0.495 e. The Bertz CT molecular complexity index is 1590. The highest BCUT2D eigenvalue weighted by atomic mass is 35.5. The van der Waals surface area contributed by atoms with Gasteiger partial charge in [0, 0.05) is 16.8 Å². The Morgan fingerprint density at radius 1 is 1.14 bits per heavy atom. The van der Waals surface area contributed by atoms with Gasteiger partial charge in [0.15, 0.2) is 0 Å². The highest BCUT2D eigenvalue weighted by Crippen LogP contribution is 2.59. The SMILES string of the molecule is C.COC(=O)c1ccc(NC(=O)[C@@H]2N[C@@H](CC(C)(C)C)[C@@]3(C(=O)Nc4cc(Cl)sc43)[C@H]2c2cccc(Cl)c2F)c(OC)c1. The van der Waals surface area contributed by atoms with E-state index in [2.05, 4.69) is 16.0 Å². The number of nitrogens with one attached hydrogen (secondary N) is 3. The maximum Gasteiger partial charge on any atom is 0.337 e. The van der Waals surface area contributed by atoms with Crippen LogP contribution in [0.5, 0.6) is 5.75 Å². The van der Waals surface area contributed by atoms with Crippen molar-refractivity contribution in [2.24, 2.45) is 5.41 Å². The van der Waals surface area contributed by atoms with Gasteiger partial charge in [-0.3, -0.25) is 9.59 Å². The third kappa shape index (κ3) is 5.61. The second-order valence-electron chi connectivity index (χ2n) is 11.6. The molecule has 12 heteroatoms. The molecule has 0 aliphatic carbocycles. The van der Waals surface area contributed by atoms with Crippen molar-refractivity contribution >= 4 is 63.7 Å². The lowest BCUT2D eigenvalue weighted by Crippen LogP contribution is -2.49. The molecule has 2 amide bonds. The first-order valence-electron chi connectivity index (χ1n) is 13.2. The van der Waals surface area contributed by atoms with E-state index in [-0.39, 0.29) is 46.3 Å². The Balaban J connectivity index is 0.00000423. The van der Waals surface area contributed by atoms with E-state index in [0.717, 1.165) is 0 Å². The van der Waals surface area contributed by atoms with Gasteiger partial charge in [0.25, 0.3) is 0 Å². The summed E-state index contributed by atoms with van der Waals surface area (Å²) in [5.41, 5.74) is -0.445. The molecule has 0 radical (unpaired) electrons. The number of carbonyl (C=O) groups is 3. The van der Waals surface area contributed by atoms with Crippen molar-refractivity contribution in [1.29, 1.82) is 0 Å². The molecule has 43 heavy (non-hydrogen) atoms. The number of halogens is 3. The molecule has 1 saturated heterocycles. The molecule has 2 aromatic carbocycles. The summed E-state index contributed by atoms with van der Waals surface area (Å²) in [6.07, 6.45) is 0.481. The molecule has 5 rings (SSSR count). The van der Waals surface area contributed by atoms with Crippen LogP contribution in [-0.4, -0.2) is 44.1 Å². The number of esters is 1. The van der Waals surface area contributed by atoms with Crippen LogP contribution in [0, 0.1) is 11.2 Å². The maximum atomic E-state index is 15.9. The number of anilines is 2. The summed E-state index contributed by atoms with van der Waals surface area (Å²) in [5, 5.41) is 9.11. The van der Waals surface area contributed by atoms with Crippen molar-refractivity contribution in [1.82, 2.24) is 5.32 Å². The predicted molar refractivity (Wildman–Crippen MR) is 168 cm³/mol. The van der Waals surface area contributed by atoms with E-state index in [4.69, 9.17) is 32.7 Å². The normalized spacial score (nSPS) is 22.5. The van der Waals surface area contributed by atoms with E-state index in [0.29, 0.717) is 21.3 Å². The first-order valence-corrected chi connectivity index (χ1v) is 14.8. The average molecular weight is 651 g/mol. The summed E-state index contributed by atoms with van der Waals surface area (Å²) in [7, 11) is 2.67. The molecule has 1 fully saturated rings. The fraction of sp³-hybridized carbons (Fsp3) is 0.387. The lowest BCUT2D eigenvalue weighted by molar-refractivity contribution is -0.122. The zero-order valence-corrected chi connectivity index (χ0v) is 25.9. The third-order valence-corrected chi connectivity index (χ3v) is 9.46. The number of benzene rings is 2. The number of fused-ring (bicyclic) bond motifs is 2. The average Bonchev–Trinajstić information content (AvgIpc) is 3.54. The fourth-order valence-electron chi connectivity index (χ4n) is 6.11. The first-order chi connectivity index (χ1) is 19.8. The van der Waals surface area contributed by atoms with Gasteiger partial charge in [0.1, 0.15) is 17.0 Å². The molecule has 0 unspecified atom stereocenters. The van der Waals surface area contributed by atoms with Crippen molar-refractivity contribution < 1.29 is 28.2 Å². The second-order valence-corrected chi connectivity index (χ2v) is 13.7. The van der Waals surface area contributed by atoms with Crippen LogP contribution in [0.15, 0.2) is 42.5 Å². The van der Waals surface area contributed by atoms with Gasteiger partial charge in [-0.05, 0) is 47.7 Å². The first kappa shape index (κ1) is 32.7. The molecule has 8 nitrogen and oxygen atoms in total. The van der Waals surface area contributed by atoms with Crippen LogP contribution in [0.25, 0.3) is 0 Å². The van der Waals surface area contributed by atoms with Crippen molar-refractivity contribution in [3.8, 4) is 5.75 Å². The van der Waals surface area contributed by atoms with E-state index in [1.54, 1.807) is 18.2 Å². The Hall–Kier alpha value is -3.18. The molecule has 2 aliphatic rings. The molecule has 1 aromatic heterocycles. The number of rotatable bonds is 6. The van der Waals surface area contributed by atoms with Gasteiger partial charge < -0.3 is 25.4 Å². The molecule has 1 spiro atoms. The Morgan fingerprint density at radius 3 is 2.51 bits per heavy atom. The largest absolute Gasteiger partial charge is 0.495 e. The van der Waals surface area contributed by atoms with Crippen molar-refractivity contribution in [3.05, 3.63) is 73.6 Å². The molecule has 3 N–H and O–H groups in total. The fourth-order valence-corrected chi connectivity index (χ4v) is 7.75. The van der Waals surface area contributed by atoms with Gasteiger partial charge in [-0.15, -0.1) is 11.3 Å². The molecule has 2 aliphatic heterocycles. The summed E-state index contributed by atoms with van der Waals surface area (Å²) >= 11 is 13.9. The van der Waals surface area contributed by atoms with Crippen molar-refractivity contribution in [2.45, 2.75) is 58.0 Å². The summed E-state index contributed by atoms with van der Waals surface area (Å²) in [5.74, 6) is -2.92. The number of hydrogen-bond acceptors (Lipinski definition) is 7. The van der Waals surface area contributed by atoms with Gasteiger partial charge in [-0.25, -0.2) is 9.18 Å². The Labute approximate surface area is 264 Å². The van der Waals surface area contributed by atoms with E-state index >= 15 is 4.39 Å². The standard InChI is InChI=1S/C30H30Cl2FN3O5S.CH4/c1-29(2,3)13-20-30(25-18(35-28(30)39)12-21(32)42-25)22(15-7-6-8-16(31)23(15)33)24(36-20)26(37)34-17-10-9-14(27(38)41-5)11-19(17)40-4;/h6-12,20,22,24,36H,13H2,1-5H3,(H,34,37)(H,35,39);1H4/t20-,22-,24+,30+;/m0./s1. The molecule has 230 valence electrons. The predicted octanol–water partition coefficient (Wildman–Crippen LogP) is 7.01. The van der Waals surface area contributed by atoms with Gasteiger partial charge in [0.2, 0.25) is 11.8 Å². The van der Waals surface area contributed by atoms with Gasteiger partial charge in [0.05, 0.1) is 46.6 Å². The van der Waals surface area contributed by atoms with Gasteiger partial charge in [-0.1, -0.05) is 63.5 Å². The van der Waals surface area contributed by atoms with Crippen LogP contribution in [0.1, 0.15) is 61.3 Å². The van der Waals surface area contributed by atoms with Crippen LogP contribution in [0.4, 0.5) is 15.8 Å². The van der Waals surface area contributed by atoms with Gasteiger partial charge in [-0.2, -0.15) is 0 Å². The Kier molecular flexibility index (Phi) is 9.19. The number of hydrogen-bond donors (Lipinski definition) is 3. The van der Waals surface area contributed by atoms with Crippen LogP contribution in [0.2, 0.25) is 9.36 Å². The van der Waals surface area contributed by atoms with E-state index in [9.17, 15) is 14.4 Å². The third-order valence-electron chi connectivity index (χ3n) is 7.75. The van der Waals surface area contributed by atoms with E-state index in [1.165, 1.54) is 49.8 Å². The molecular formula is C31H34Cl2FN3O5S. The molecule has 3 aromatic rings. The number of amides is 2. The van der Waals surface area contributed by atoms with Gasteiger partial charge >= 0.3 is 5.97 Å². The highest BCUT2D eigenvalue weighted by molar-refractivity contribution is 7.17. The summed E-state index contributed by atoms with van der Waals surface area (Å²) in [6.45, 7) is 6.11. The lowest BCUT2D eigenvalue weighted by Gasteiger charge is -2.37. The van der Waals surface area contributed by atoms with Crippen molar-refractivity contribution in [2.75, 3.05) is 24.9 Å². The monoisotopic (exact) mass is 649 g/mol. The molecular weight excluding hydrogens is 616 g/mol. The van der Waals surface area contributed by atoms with Crippen LogP contribution in [-0.2, 0) is 19.7 Å². The summed E-state index contributed by atoms with van der Waals surface area (Å²) in [4.78, 5) is 41.0. The molecule has 4 atom stereocenters. The lowest BCUT2D eigenvalue weighted by atomic mass is 9.65. The van der Waals surface area contributed by atoms with E-state index < -0.39 is 41.1 Å². The second kappa shape index (κ2) is 12.1. The quantitative estimate of drug-likeness (QED) is 0.248. The number of thiophene rings is 1. The highest BCUT2D eigenvalue weighted by Gasteiger charge is 2.67. The molecule has 3 heterocycles. The maximum absolute atomic E-state index is 15.9. The van der Waals surface area contributed by atoms with Crippen molar-refractivity contribution in [3.63, 3.8) is 0 Å². The van der Waals surface area contributed by atoms with Crippen LogP contribution < -0.4 is 20.7 Å². The summed E-state index contributed by atoms with van der Waals surface area (Å²) < 4.78 is 26.6. The van der Waals surface area contributed by atoms with Crippen LogP contribution >= 0.6 is 34.5 Å².